The second-order valence-corrected chi connectivity index (χ2v) is 7.72. The Bertz CT molecular complexity index is 1170. The average Bonchev–Trinajstić information content (AvgIpc) is 3.27. The first kappa shape index (κ1) is 21.0. The van der Waals surface area contributed by atoms with E-state index in [2.05, 4.69) is 54.6 Å². The minimum absolute atomic E-state index is 0.0389. The molecule has 0 aliphatic carbocycles. The van der Waals surface area contributed by atoms with Crippen LogP contribution in [0, 0.1) is 0 Å². The zero-order valence-electron chi connectivity index (χ0n) is 18.1. The van der Waals surface area contributed by atoms with Crippen molar-refractivity contribution in [2.24, 2.45) is 0 Å². The van der Waals surface area contributed by atoms with Crippen LogP contribution in [0.2, 0.25) is 0 Å². The number of pyridine rings is 1. The molecule has 2 heterocycles. The molecule has 160 valence electrons. The zero-order chi connectivity index (χ0) is 21.8. The fourth-order valence-corrected chi connectivity index (χ4v) is 3.84. The van der Waals surface area contributed by atoms with Gasteiger partial charge in [0.05, 0.1) is 37.8 Å². The highest BCUT2D eigenvalue weighted by molar-refractivity contribution is 5.94. The fourth-order valence-electron chi connectivity index (χ4n) is 3.84. The van der Waals surface area contributed by atoms with Gasteiger partial charge in [0.25, 0.3) is 0 Å². The molecule has 6 nitrogen and oxygen atoms in total. The lowest BCUT2D eigenvalue weighted by molar-refractivity contribution is 0.269. The number of rotatable bonds is 8. The highest BCUT2D eigenvalue weighted by Crippen LogP contribution is 2.30. The number of aliphatic hydroxyl groups is 1. The van der Waals surface area contributed by atoms with Crippen LogP contribution in [0.3, 0.4) is 0 Å². The topological polar surface area (TPSA) is 72.2 Å². The molecule has 0 fully saturated rings. The monoisotopic (exact) mass is 416 g/mol. The second kappa shape index (κ2) is 9.29. The minimum Gasteiger partial charge on any atom is -0.497 e. The van der Waals surface area contributed by atoms with Crippen LogP contribution in [0.15, 0.2) is 67.0 Å². The summed E-state index contributed by atoms with van der Waals surface area (Å²) in [5.41, 5.74) is 3.98. The van der Waals surface area contributed by atoms with Crippen LogP contribution < -0.4 is 10.1 Å². The number of nitrogens with one attached hydrogen (secondary N) is 1. The standard InChI is InChI=1S/C25H28N4O2/c1-17(19-8-6-9-22(13-19)31-3)27-18(2)24-14-20-7-4-5-10-23(20)25(28-24)21-15-26-29(16-21)11-12-30/h4-10,13-18,27,30H,11-12H2,1-3H3/t17-,18?/m1/s1. The minimum atomic E-state index is 0.0389. The maximum atomic E-state index is 9.21. The summed E-state index contributed by atoms with van der Waals surface area (Å²) in [5.74, 6) is 0.852. The molecular formula is C25H28N4O2. The second-order valence-electron chi connectivity index (χ2n) is 7.72. The van der Waals surface area contributed by atoms with E-state index in [0.29, 0.717) is 6.54 Å². The lowest BCUT2D eigenvalue weighted by Gasteiger charge is -2.21. The van der Waals surface area contributed by atoms with E-state index >= 15 is 0 Å². The maximum Gasteiger partial charge on any atom is 0.119 e. The van der Waals surface area contributed by atoms with Crippen molar-refractivity contribution >= 4 is 10.8 Å². The van der Waals surface area contributed by atoms with Gasteiger partial charge in [0, 0.05) is 29.2 Å². The van der Waals surface area contributed by atoms with Crippen molar-refractivity contribution in [1.29, 1.82) is 0 Å². The summed E-state index contributed by atoms with van der Waals surface area (Å²) in [4.78, 5) is 5.02. The number of hydrogen-bond donors (Lipinski definition) is 2. The number of aliphatic hydroxyl groups excluding tert-OH is 1. The quantitative estimate of drug-likeness (QED) is 0.442. The Kier molecular flexibility index (Phi) is 6.30. The van der Waals surface area contributed by atoms with Crippen molar-refractivity contribution in [3.63, 3.8) is 0 Å². The summed E-state index contributed by atoms with van der Waals surface area (Å²) in [6.45, 7) is 4.80. The lowest BCUT2D eigenvalue weighted by Crippen LogP contribution is -2.23. The molecule has 0 amide bonds. The zero-order valence-corrected chi connectivity index (χ0v) is 18.1. The van der Waals surface area contributed by atoms with Crippen LogP contribution in [0.1, 0.15) is 37.2 Å². The van der Waals surface area contributed by atoms with Gasteiger partial charge in [-0.15, -0.1) is 0 Å². The Morgan fingerprint density at radius 3 is 2.71 bits per heavy atom. The van der Waals surface area contributed by atoms with Gasteiger partial charge >= 0.3 is 0 Å². The molecule has 2 atom stereocenters. The van der Waals surface area contributed by atoms with E-state index in [-0.39, 0.29) is 18.7 Å². The molecule has 4 aromatic rings. The Labute approximate surface area is 182 Å². The number of fused-ring (bicyclic) bond motifs is 1. The number of nitrogens with zero attached hydrogens (tertiary/aromatic N) is 3. The Morgan fingerprint density at radius 1 is 1.06 bits per heavy atom. The Hall–Kier alpha value is -3.22. The van der Waals surface area contributed by atoms with Gasteiger partial charge in [0.15, 0.2) is 0 Å². The molecule has 0 radical (unpaired) electrons. The van der Waals surface area contributed by atoms with Crippen molar-refractivity contribution in [3.05, 3.63) is 78.2 Å². The first-order chi connectivity index (χ1) is 15.1. The lowest BCUT2D eigenvalue weighted by atomic mass is 10.0. The predicted octanol–water partition coefficient (Wildman–Crippen LogP) is 4.51. The summed E-state index contributed by atoms with van der Waals surface area (Å²) < 4.78 is 7.10. The molecule has 1 unspecified atom stereocenters. The SMILES string of the molecule is COc1cccc([C@@H](C)NC(C)c2cc3ccccc3c(-c3cnn(CCO)c3)n2)c1. The highest BCUT2D eigenvalue weighted by atomic mass is 16.5. The molecule has 2 aromatic carbocycles. The van der Waals surface area contributed by atoms with Gasteiger partial charge in [-0.25, -0.2) is 0 Å². The number of methoxy groups -OCH3 is 1. The Morgan fingerprint density at radius 2 is 1.90 bits per heavy atom. The van der Waals surface area contributed by atoms with Crippen LogP contribution in [-0.2, 0) is 6.54 Å². The van der Waals surface area contributed by atoms with Crippen LogP contribution >= 0.6 is 0 Å². The number of ether oxygens (including phenoxy) is 1. The van der Waals surface area contributed by atoms with Crippen LogP contribution in [0.25, 0.3) is 22.0 Å². The molecule has 2 aromatic heterocycles. The van der Waals surface area contributed by atoms with Gasteiger partial charge in [-0.3, -0.25) is 9.67 Å². The van der Waals surface area contributed by atoms with E-state index in [1.165, 1.54) is 0 Å². The summed E-state index contributed by atoms with van der Waals surface area (Å²) >= 11 is 0. The molecule has 4 rings (SSSR count). The van der Waals surface area contributed by atoms with E-state index in [1.807, 2.05) is 36.7 Å². The van der Waals surface area contributed by atoms with E-state index < -0.39 is 0 Å². The average molecular weight is 417 g/mol. The largest absolute Gasteiger partial charge is 0.497 e. The van der Waals surface area contributed by atoms with Crippen molar-refractivity contribution in [2.45, 2.75) is 32.5 Å². The Balaban J connectivity index is 1.66. The summed E-state index contributed by atoms with van der Waals surface area (Å²) in [6, 6.07) is 18.7. The third-order valence-electron chi connectivity index (χ3n) is 5.53. The van der Waals surface area contributed by atoms with Gasteiger partial charge in [-0.1, -0.05) is 36.4 Å². The number of benzene rings is 2. The van der Waals surface area contributed by atoms with E-state index in [1.54, 1.807) is 11.8 Å². The molecule has 6 heteroatoms. The first-order valence-electron chi connectivity index (χ1n) is 10.5. The normalized spacial score (nSPS) is 13.3. The van der Waals surface area contributed by atoms with E-state index in [0.717, 1.165) is 39.0 Å². The maximum absolute atomic E-state index is 9.21. The third kappa shape index (κ3) is 4.60. The van der Waals surface area contributed by atoms with Crippen LogP contribution in [-0.4, -0.2) is 33.6 Å². The molecule has 0 bridgehead atoms. The van der Waals surface area contributed by atoms with Crippen LogP contribution in [0.5, 0.6) is 5.75 Å². The molecule has 0 saturated heterocycles. The molecule has 2 N–H and O–H groups in total. The van der Waals surface area contributed by atoms with Gasteiger partial charge < -0.3 is 15.2 Å². The highest BCUT2D eigenvalue weighted by Gasteiger charge is 2.16. The van der Waals surface area contributed by atoms with Gasteiger partial charge in [-0.05, 0) is 43.0 Å². The predicted molar refractivity (Wildman–Crippen MR) is 123 cm³/mol. The summed E-state index contributed by atoms with van der Waals surface area (Å²) in [6.07, 6.45) is 3.75. The van der Waals surface area contributed by atoms with E-state index in [4.69, 9.17) is 9.72 Å². The van der Waals surface area contributed by atoms with Crippen LogP contribution in [0.4, 0.5) is 0 Å². The molecule has 0 saturated carbocycles. The number of hydrogen-bond acceptors (Lipinski definition) is 5. The molecule has 0 aliphatic heterocycles. The third-order valence-corrected chi connectivity index (χ3v) is 5.53. The van der Waals surface area contributed by atoms with E-state index in [9.17, 15) is 5.11 Å². The molecule has 0 spiro atoms. The molecule has 0 aliphatic rings. The number of aromatic nitrogens is 3. The van der Waals surface area contributed by atoms with Gasteiger partial charge in [-0.2, -0.15) is 5.10 Å². The smallest absolute Gasteiger partial charge is 0.119 e. The van der Waals surface area contributed by atoms with Crippen molar-refractivity contribution in [3.8, 4) is 17.0 Å². The van der Waals surface area contributed by atoms with Gasteiger partial charge in [0.2, 0.25) is 0 Å². The van der Waals surface area contributed by atoms with Gasteiger partial charge in [0.1, 0.15) is 5.75 Å². The summed E-state index contributed by atoms with van der Waals surface area (Å²) in [5, 5.41) is 19.4. The molecular weight excluding hydrogens is 388 g/mol. The molecule has 31 heavy (non-hydrogen) atoms. The van der Waals surface area contributed by atoms with Crippen molar-refractivity contribution in [1.82, 2.24) is 20.1 Å². The summed E-state index contributed by atoms with van der Waals surface area (Å²) in [7, 11) is 1.68. The van der Waals surface area contributed by atoms with Crippen molar-refractivity contribution in [2.75, 3.05) is 13.7 Å². The first-order valence-corrected chi connectivity index (χ1v) is 10.5. The fraction of sp³-hybridized carbons (Fsp3) is 0.280. The van der Waals surface area contributed by atoms with Crippen molar-refractivity contribution < 1.29 is 9.84 Å².